The van der Waals surface area contributed by atoms with Crippen molar-refractivity contribution in [2.24, 2.45) is 0 Å². The molecule has 0 aromatic carbocycles. The Morgan fingerprint density at radius 1 is 1.53 bits per heavy atom. The van der Waals surface area contributed by atoms with Crippen LogP contribution in [0.2, 0.25) is 0 Å². The highest BCUT2D eigenvalue weighted by molar-refractivity contribution is 5.70. The summed E-state index contributed by atoms with van der Waals surface area (Å²) in [6.45, 7) is 1.91. The van der Waals surface area contributed by atoms with Crippen molar-refractivity contribution in [1.82, 2.24) is 14.6 Å². The van der Waals surface area contributed by atoms with Gasteiger partial charge in [-0.1, -0.05) is 0 Å². The van der Waals surface area contributed by atoms with Crippen molar-refractivity contribution in [1.29, 1.82) is 0 Å². The molecule has 0 amide bonds. The summed E-state index contributed by atoms with van der Waals surface area (Å²) < 4.78 is 6.20. The summed E-state index contributed by atoms with van der Waals surface area (Å²) in [5.41, 5.74) is 0.815. The lowest BCUT2D eigenvalue weighted by Gasteiger charge is -2.15. The Hall–Kier alpha value is -1.99. The average molecular weight is 265 g/mol. The number of hydrogen-bond donors (Lipinski definition) is 2. The van der Waals surface area contributed by atoms with E-state index in [1.165, 1.54) is 10.7 Å². The molecule has 0 aliphatic heterocycles. The first-order valence-corrected chi connectivity index (χ1v) is 5.93. The molecular weight excluding hydrogens is 250 g/mol. The van der Waals surface area contributed by atoms with E-state index in [1.807, 2.05) is 0 Å². The predicted octanol–water partition coefficient (Wildman–Crippen LogP) is 0.0768. The zero-order valence-electron chi connectivity index (χ0n) is 10.4. The fourth-order valence-corrected chi connectivity index (χ4v) is 1.76. The molecule has 0 aliphatic carbocycles. The molecule has 2 heterocycles. The fourth-order valence-electron chi connectivity index (χ4n) is 1.76. The molecule has 0 aliphatic rings. The Balaban J connectivity index is 2.14. The van der Waals surface area contributed by atoms with Crippen LogP contribution >= 0.6 is 0 Å². The van der Waals surface area contributed by atoms with Crippen molar-refractivity contribution in [3.8, 4) is 0 Å². The van der Waals surface area contributed by atoms with Crippen LogP contribution in [0.5, 0.6) is 0 Å². The smallest absolute Gasteiger partial charge is 0.308 e. The van der Waals surface area contributed by atoms with Crippen molar-refractivity contribution in [3.05, 3.63) is 30.2 Å². The monoisotopic (exact) mass is 265 g/mol. The number of carbonyl (C=O) groups is 1. The molecule has 2 atom stereocenters. The van der Waals surface area contributed by atoms with Gasteiger partial charge < -0.3 is 14.9 Å². The molecule has 7 heteroatoms. The van der Waals surface area contributed by atoms with Gasteiger partial charge in [0.05, 0.1) is 25.3 Å². The lowest BCUT2D eigenvalue weighted by Crippen LogP contribution is -2.23. The van der Waals surface area contributed by atoms with Crippen molar-refractivity contribution in [2.45, 2.75) is 25.6 Å². The number of carbonyl (C=O) groups excluding carboxylic acids is 1. The van der Waals surface area contributed by atoms with Crippen molar-refractivity contribution < 1.29 is 19.7 Å². The molecule has 19 heavy (non-hydrogen) atoms. The molecule has 0 saturated carbocycles. The van der Waals surface area contributed by atoms with Crippen molar-refractivity contribution in [3.63, 3.8) is 0 Å². The number of hydrogen-bond acceptors (Lipinski definition) is 6. The van der Waals surface area contributed by atoms with Gasteiger partial charge in [-0.25, -0.2) is 9.50 Å². The standard InChI is InChI=1S/C12H15N3O4/c1-2-19-10(17)6-9(16)11(18)8-7-14-15-5-3-4-13-12(8)15/h3-5,7,9,11,16,18H,2,6H2,1H3. The second-order valence-corrected chi connectivity index (χ2v) is 4.01. The third kappa shape index (κ3) is 2.88. The van der Waals surface area contributed by atoms with E-state index in [1.54, 1.807) is 25.4 Å². The Kier molecular flexibility index (Phi) is 4.08. The van der Waals surface area contributed by atoms with Crippen molar-refractivity contribution >= 4 is 11.6 Å². The SMILES string of the molecule is CCOC(=O)CC(O)C(O)c1cnn2cccnc12. The molecule has 0 fully saturated rings. The van der Waals surface area contributed by atoms with Crippen LogP contribution in [0.25, 0.3) is 5.65 Å². The summed E-state index contributed by atoms with van der Waals surface area (Å²) in [5, 5.41) is 23.9. The van der Waals surface area contributed by atoms with Gasteiger partial charge >= 0.3 is 5.97 Å². The molecule has 0 radical (unpaired) electrons. The summed E-state index contributed by atoms with van der Waals surface area (Å²) in [7, 11) is 0. The summed E-state index contributed by atoms with van der Waals surface area (Å²) in [6.07, 6.45) is 1.88. The van der Waals surface area contributed by atoms with E-state index < -0.39 is 18.2 Å². The first-order chi connectivity index (χ1) is 9.13. The van der Waals surface area contributed by atoms with Crippen LogP contribution in [-0.2, 0) is 9.53 Å². The zero-order valence-corrected chi connectivity index (χ0v) is 10.4. The molecule has 2 aromatic heterocycles. The normalized spacial score (nSPS) is 14.3. The number of aliphatic hydroxyl groups is 2. The van der Waals surface area contributed by atoms with Gasteiger partial charge in [0, 0.05) is 18.0 Å². The second kappa shape index (κ2) is 5.77. The van der Waals surface area contributed by atoms with Crippen LogP contribution in [0.4, 0.5) is 0 Å². The molecule has 2 aromatic rings. The van der Waals surface area contributed by atoms with Crippen LogP contribution in [0.1, 0.15) is 25.0 Å². The summed E-state index contributed by atoms with van der Waals surface area (Å²) in [6, 6.07) is 1.70. The molecule has 0 bridgehead atoms. The highest BCUT2D eigenvalue weighted by Gasteiger charge is 2.25. The van der Waals surface area contributed by atoms with Crippen LogP contribution in [0.15, 0.2) is 24.7 Å². The van der Waals surface area contributed by atoms with E-state index in [0.717, 1.165) is 0 Å². The van der Waals surface area contributed by atoms with Gasteiger partial charge in [0.15, 0.2) is 5.65 Å². The predicted molar refractivity (Wildman–Crippen MR) is 65.2 cm³/mol. The lowest BCUT2D eigenvalue weighted by molar-refractivity contribution is -0.147. The molecule has 2 unspecified atom stereocenters. The van der Waals surface area contributed by atoms with Gasteiger partial charge in [0.2, 0.25) is 0 Å². The number of ether oxygens (including phenoxy) is 1. The Morgan fingerprint density at radius 2 is 2.32 bits per heavy atom. The minimum atomic E-state index is -1.26. The summed E-state index contributed by atoms with van der Waals surface area (Å²) >= 11 is 0. The van der Waals surface area contributed by atoms with Gasteiger partial charge in [-0.3, -0.25) is 4.79 Å². The lowest BCUT2D eigenvalue weighted by atomic mass is 10.1. The third-order valence-electron chi connectivity index (χ3n) is 2.67. The minimum absolute atomic E-state index is 0.236. The van der Waals surface area contributed by atoms with E-state index >= 15 is 0 Å². The Morgan fingerprint density at radius 3 is 3.05 bits per heavy atom. The molecule has 0 spiro atoms. The van der Waals surface area contributed by atoms with Gasteiger partial charge in [-0.2, -0.15) is 5.10 Å². The first kappa shape index (κ1) is 13.4. The molecule has 2 N–H and O–H groups in total. The quantitative estimate of drug-likeness (QED) is 0.743. The molecule has 2 rings (SSSR count). The van der Waals surface area contributed by atoms with Crippen LogP contribution < -0.4 is 0 Å². The maximum atomic E-state index is 11.3. The minimum Gasteiger partial charge on any atom is -0.466 e. The van der Waals surface area contributed by atoms with E-state index in [0.29, 0.717) is 11.2 Å². The largest absolute Gasteiger partial charge is 0.466 e. The van der Waals surface area contributed by atoms with Gasteiger partial charge in [-0.05, 0) is 13.0 Å². The first-order valence-electron chi connectivity index (χ1n) is 5.93. The third-order valence-corrected chi connectivity index (χ3v) is 2.67. The average Bonchev–Trinajstić information content (AvgIpc) is 2.81. The van der Waals surface area contributed by atoms with E-state index in [-0.39, 0.29) is 13.0 Å². The van der Waals surface area contributed by atoms with Crippen LogP contribution in [0.3, 0.4) is 0 Å². The maximum absolute atomic E-state index is 11.3. The molecule has 0 saturated heterocycles. The summed E-state index contributed by atoms with van der Waals surface area (Å²) in [5.74, 6) is -0.557. The number of aliphatic hydroxyl groups excluding tert-OH is 2. The second-order valence-electron chi connectivity index (χ2n) is 4.01. The fraction of sp³-hybridized carbons (Fsp3) is 0.417. The topological polar surface area (TPSA) is 97.0 Å². The van der Waals surface area contributed by atoms with Crippen LogP contribution in [-0.4, -0.2) is 43.5 Å². The van der Waals surface area contributed by atoms with Crippen LogP contribution in [0, 0.1) is 0 Å². The van der Waals surface area contributed by atoms with E-state index in [9.17, 15) is 15.0 Å². The van der Waals surface area contributed by atoms with Gasteiger partial charge in [0.25, 0.3) is 0 Å². The van der Waals surface area contributed by atoms with Gasteiger partial charge in [0.1, 0.15) is 6.10 Å². The zero-order chi connectivity index (χ0) is 13.8. The van der Waals surface area contributed by atoms with E-state index in [4.69, 9.17) is 4.74 Å². The number of nitrogens with zero attached hydrogens (tertiary/aromatic N) is 3. The molecule has 102 valence electrons. The number of fused-ring (bicyclic) bond motifs is 1. The highest BCUT2D eigenvalue weighted by Crippen LogP contribution is 2.22. The van der Waals surface area contributed by atoms with Crippen molar-refractivity contribution in [2.75, 3.05) is 6.61 Å². The van der Waals surface area contributed by atoms with Gasteiger partial charge in [-0.15, -0.1) is 0 Å². The Labute approximate surface area is 109 Å². The number of esters is 1. The Bertz CT molecular complexity index is 569. The van der Waals surface area contributed by atoms with E-state index in [2.05, 4.69) is 10.1 Å². The number of rotatable bonds is 5. The molecule has 7 nitrogen and oxygen atoms in total. The number of aromatic nitrogens is 3. The maximum Gasteiger partial charge on any atom is 0.308 e. The highest BCUT2D eigenvalue weighted by atomic mass is 16.5. The molecular formula is C12H15N3O4. The summed E-state index contributed by atoms with van der Waals surface area (Å²) in [4.78, 5) is 15.3.